The lowest BCUT2D eigenvalue weighted by atomic mass is 9.97. The second-order valence-electron chi connectivity index (χ2n) is 5.90. The van der Waals surface area contributed by atoms with Crippen LogP contribution in [0.2, 0.25) is 0 Å². The third-order valence-electron chi connectivity index (χ3n) is 4.45. The highest BCUT2D eigenvalue weighted by molar-refractivity contribution is 5.82. The molecule has 0 unspecified atom stereocenters. The monoisotopic (exact) mass is 277 g/mol. The predicted molar refractivity (Wildman–Crippen MR) is 87.8 cm³/mol. The van der Waals surface area contributed by atoms with Crippen molar-refractivity contribution in [2.24, 2.45) is 0 Å². The summed E-state index contributed by atoms with van der Waals surface area (Å²) in [5, 5.41) is 3.48. The fourth-order valence-corrected chi connectivity index (χ4v) is 3.13. The molecule has 106 valence electrons. The standard InChI is InChI=1S/C18H19N3/c1-11-9-16-17(10-12(11)2)21-18(20-16)14-5-3-7-15-13(14)6-4-8-19-15/h3,5,7,9-10,19H,4,6,8H2,1-2H3,(H,20,21). The number of fused-ring (bicyclic) bond motifs is 2. The zero-order valence-electron chi connectivity index (χ0n) is 12.5. The molecular formula is C18H19N3. The van der Waals surface area contributed by atoms with Gasteiger partial charge < -0.3 is 10.3 Å². The number of anilines is 1. The zero-order chi connectivity index (χ0) is 14.4. The summed E-state index contributed by atoms with van der Waals surface area (Å²) in [5.74, 6) is 0.982. The Morgan fingerprint density at radius 2 is 1.95 bits per heavy atom. The summed E-state index contributed by atoms with van der Waals surface area (Å²) >= 11 is 0. The van der Waals surface area contributed by atoms with Crippen molar-refractivity contribution in [3.63, 3.8) is 0 Å². The summed E-state index contributed by atoms with van der Waals surface area (Å²) < 4.78 is 0. The van der Waals surface area contributed by atoms with Gasteiger partial charge in [0.1, 0.15) is 5.82 Å². The molecule has 1 aliphatic rings. The number of nitrogens with zero attached hydrogens (tertiary/aromatic N) is 1. The number of imidazole rings is 1. The first-order valence-electron chi connectivity index (χ1n) is 7.55. The number of H-pyrrole nitrogens is 1. The molecular weight excluding hydrogens is 258 g/mol. The first-order valence-corrected chi connectivity index (χ1v) is 7.55. The van der Waals surface area contributed by atoms with Crippen molar-refractivity contribution in [3.05, 3.63) is 47.0 Å². The van der Waals surface area contributed by atoms with Crippen LogP contribution in [0.3, 0.4) is 0 Å². The largest absolute Gasteiger partial charge is 0.385 e. The quantitative estimate of drug-likeness (QED) is 0.699. The van der Waals surface area contributed by atoms with Crippen molar-refractivity contribution in [3.8, 4) is 11.4 Å². The zero-order valence-corrected chi connectivity index (χ0v) is 12.5. The van der Waals surface area contributed by atoms with E-state index in [4.69, 9.17) is 4.98 Å². The second kappa shape index (κ2) is 4.62. The molecule has 1 aliphatic heterocycles. The topological polar surface area (TPSA) is 40.7 Å². The Morgan fingerprint density at radius 1 is 1.10 bits per heavy atom. The number of aromatic amines is 1. The van der Waals surface area contributed by atoms with Gasteiger partial charge in [0.05, 0.1) is 11.0 Å². The first-order chi connectivity index (χ1) is 10.2. The third kappa shape index (κ3) is 2.00. The summed E-state index contributed by atoms with van der Waals surface area (Å²) in [6.45, 7) is 5.34. The van der Waals surface area contributed by atoms with E-state index in [9.17, 15) is 0 Å². The van der Waals surface area contributed by atoms with Gasteiger partial charge in [-0.05, 0) is 61.6 Å². The Balaban J connectivity index is 1.91. The first kappa shape index (κ1) is 12.5. The Bertz CT molecular complexity index is 791. The molecule has 0 aliphatic carbocycles. The number of nitrogens with one attached hydrogen (secondary N) is 2. The van der Waals surface area contributed by atoms with Gasteiger partial charge in [0.25, 0.3) is 0 Å². The number of aromatic nitrogens is 2. The molecule has 0 spiro atoms. The minimum absolute atomic E-state index is 0.982. The van der Waals surface area contributed by atoms with Crippen LogP contribution in [0.25, 0.3) is 22.4 Å². The van der Waals surface area contributed by atoms with Crippen molar-refractivity contribution in [1.82, 2.24) is 9.97 Å². The molecule has 0 amide bonds. The van der Waals surface area contributed by atoms with E-state index in [2.05, 4.69) is 54.5 Å². The summed E-state index contributed by atoms with van der Waals surface area (Å²) in [4.78, 5) is 8.30. The summed E-state index contributed by atoms with van der Waals surface area (Å²) in [7, 11) is 0. The van der Waals surface area contributed by atoms with Crippen LogP contribution in [0.5, 0.6) is 0 Å². The molecule has 4 rings (SSSR count). The van der Waals surface area contributed by atoms with Gasteiger partial charge in [-0.25, -0.2) is 4.98 Å². The smallest absolute Gasteiger partial charge is 0.138 e. The van der Waals surface area contributed by atoms with Crippen molar-refractivity contribution in [2.45, 2.75) is 26.7 Å². The lowest BCUT2D eigenvalue weighted by molar-refractivity contribution is 0.831. The second-order valence-corrected chi connectivity index (χ2v) is 5.90. The minimum atomic E-state index is 0.982. The average molecular weight is 277 g/mol. The molecule has 3 aromatic rings. The Kier molecular flexibility index (Phi) is 2.74. The van der Waals surface area contributed by atoms with E-state index in [-0.39, 0.29) is 0 Å². The highest BCUT2D eigenvalue weighted by Crippen LogP contribution is 2.32. The van der Waals surface area contributed by atoms with Gasteiger partial charge in [-0.3, -0.25) is 0 Å². The van der Waals surface area contributed by atoms with E-state index in [0.717, 1.165) is 29.8 Å². The van der Waals surface area contributed by atoms with Crippen LogP contribution in [0, 0.1) is 13.8 Å². The van der Waals surface area contributed by atoms with Crippen LogP contribution in [0.4, 0.5) is 5.69 Å². The van der Waals surface area contributed by atoms with Crippen LogP contribution in [0.1, 0.15) is 23.1 Å². The predicted octanol–water partition coefficient (Wildman–Crippen LogP) is 4.20. The highest BCUT2D eigenvalue weighted by atomic mass is 14.9. The molecule has 2 aromatic carbocycles. The van der Waals surface area contributed by atoms with Gasteiger partial charge in [0.15, 0.2) is 0 Å². The molecule has 0 atom stereocenters. The van der Waals surface area contributed by atoms with Crippen molar-refractivity contribution >= 4 is 16.7 Å². The number of benzene rings is 2. The number of hydrogen-bond acceptors (Lipinski definition) is 2. The molecule has 0 bridgehead atoms. The van der Waals surface area contributed by atoms with Crippen LogP contribution >= 0.6 is 0 Å². The molecule has 1 aromatic heterocycles. The maximum absolute atomic E-state index is 4.81. The van der Waals surface area contributed by atoms with Gasteiger partial charge in [-0.1, -0.05) is 12.1 Å². The lowest BCUT2D eigenvalue weighted by Gasteiger charge is -2.20. The van der Waals surface area contributed by atoms with Gasteiger partial charge in [-0.15, -0.1) is 0 Å². The Labute approximate surface area is 124 Å². The molecule has 3 heteroatoms. The van der Waals surface area contributed by atoms with Gasteiger partial charge in [0.2, 0.25) is 0 Å². The van der Waals surface area contributed by atoms with E-state index < -0.39 is 0 Å². The Morgan fingerprint density at radius 3 is 2.86 bits per heavy atom. The summed E-state index contributed by atoms with van der Waals surface area (Å²) in [6, 6.07) is 10.8. The molecule has 21 heavy (non-hydrogen) atoms. The van der Waals surface area contributed by atoms with E-state index in [1.54, 1.807) is 0 Å². The van der Waals surface area contributed by atoms with Crippen LogP contribution in [0.15, 0.2) is 30.3 Å². The van der Waals surface area contributed by atoms with Gasteiger partial charge in [0, 0.05) is 17.8 Å². The summed E-state index contributed by atoms with van der Waals surface area (Å²) in [6.07, 6.45) is 2.30. The van der Waals surface area contributed by atoms with E-state index >= 15 is 0 Å². The average Bonchev–Trinajstić information content (AvgIpc) is 2.90. The molecule has 0 saturated heterocycles. The molecule has 2 heterocycles. The Hall–Kier alpha value is -2.29. The van der Waals surface area contributed by atoms with Crippen molar-refractivity contribution in [1.29, 1.82) is 0 Å². The number of hydrogen-bond donors (Lipinski definition) is 2. The number of aryl methyl sites for hydroxylation is 2. The fourth-order valence-electron chi connectivity index (χ4n) is 3.13. The molecule has 0 fully saturated rings. The van der Waals surface area contributed by atoms with Crippen molar-refractivity contribution in [2.75, 3.05) is 11.9 Å². The molecule has 0 radical (unpaired) electrons. The van der Waals surface area contributed by atoms with Gasteiger partial charge in [-0.2, -0.15) is 0 Å². The highest BCUT2D eigenvalue weighted by Gasteiger charge is 2.16. The number of rotatable bonds is 1. The maximum Gasteiger partial charge on any atom is 0.138 e. The van der Waals surface area contributed by atoms with Crippen molar-refractivity contribution < 1.29 is 0 Å². The van der Waals surface area contributed by atoms with E-state index in [0.29, 0.717) is 0 Å². The van der Waals surface area contributed by atoms with Crippen LogP contribution < -0.4 is 5.32 Å². The van der Waals surface area contributed by atoms with E-state index in [1.807, 2.05) is 0 Å². The van der Waals surface area contributed by atoms with Gasteiger partial charge >= 0.3 is 0 Å². The molecule has 2 N–H and O–H groups in total. The molecule has 0 saturated carbocycles. The van der Waals surface area contributed by atoms with Crippen LogP contribution in [-0.4, -0.2) is 16.5 Å². The SMILES string of the molecule is Cc1cc2nc(-c3cccc4c3CCCN4)[nH]c2cc1C. The minimum Gasteiger partial charge on any atom is -0.385 e. The molecule has 3 nitrogen and oxygen atoms in total. The lowest BCUT2D eigenvalue weighted by Crippen LogP contribution is -2.12. The maximum atomic E-state index is 4.81. The third-order valence-corrected chi connectivity index (χ3v) is 4.45. The summed E-state index contributed by atoms with van der Waals surface area (Å²) in [5.41, 5.74) is 8.63. The normalized spacial score (nSPS) is 14.0. The van der Waals surface area contributed by atoms with Crippen LogP contribution in [-0.2, 0) is 6.42 Å². The van der Waals surface area contributed by atoms with E-state index in [1.165, 1.54) is 34.4 Å². The fraction of sp³-hybridized carbons (Fsp3) is 0.278.